The van der Waals surface area contributed by atoms with Gasteiger partial charge in [0.2, 0.25) is 5.91 Å². The molecule has 1 amide bonds. The Balaban J connectivity index is 1.64. The predicted octanol–water partition coefficient (Wildman–Crippen LogP) is 3.10. The fraction of sp³-hybridized carbons (Fsp3) is 0.471. The molecule has 1 aromatic carbocycles. The molecule has 6 heteroatoms. The summed E-state index contributed by atoms with van der Waals surface area (Å²) in [7, 11) is 1.91. The standard InChI is InChI=1S/C17H22N4OS/c1-12(2)21-11-18-19-17(21)23-10-16(22)20(3)15-9-8-13-6-4-5-7-14(13)15/h4-7,11-12,15H,8-10H2,1-3H3. The molecule has 0 fully saturated rings. The Labute approximate surface area is 141 Å². The summed E-state index contributed by atoms with van der Waals surface area (Å²) in [6, 6.07) is 8.91. The number of thioether (sulfide) groups is 1. The second-order valence-electron chi connectivity index (χ2n) is 6.16. The number of benzene rings is 1. The van der Waals surface area contributed by atoms with Gasteiger partial charge in [0.05, 0.1) is 11.8 Å². The molecule has 0 aliphatic heterocycles. The van der Waals surface area contributed by atoms with E-state index in [-0.39, 0.29) is 11.9 Å². The molecule has 0 bridgehead atoms. The monoisotopic (exact) mass is 330 g/mol. The Kier molecular flexibility index (Phi) is 4.71. The predicted molar refractivity (Wildman–Crippen MR) is 91.4 cm³/mol. The maximum Gasteiger partial charge on any atom is 0.233 e. The molecule has 0 saturated carbocycles. The largest absolute Gasteiger partial charge is 0.338 e. The van der Waals surface area contributed by atoms with E-state index in [4.69, 9.17) is 0 Å². The lowest BCUT2D eigenvalue weighted by Gasteiger charge is -2.25. The molecule has 1 aliphatic carbocycles. The average molecular weight is 330 g/mol. The van der Waals surface area contributed by atoms with Crippen LogP contribution < -0.4 is 0 Å². The highest BCUT2D eigenvalue weighted by Crippen LogP contribution is 2.35. The average Bonchev–Trinajstić information content (AvgIpc) is 3.18. The van der Waals surface area contributed by atoms with Gasteiger partial charge in [-0.25, -0.2) is 0 Å². The summed E-state index contributed by atoms with van der Waals surface area (Å²) in [6.45, 7) is 4.16. The molecule has 1 unspecified atom stereocenters. The minimum absolute atomic E-state index is 0.134. The van der Waals surface area contributed by atoms with Crippen molar-refractivity contribution in [1.82, 2.24) is 19.7 Å². The van der Waals surface area contributed by atoms with Crippen LogP contribution in [0.3, 0.4) is 0 Å². The number of carbonyl (C=O) groups is 1. The molecule has 23 heavy (non-hydrogen) atoms. The second kappa shape index (κ2) is 6.74. The Morgan fingerprint density at radius 3 is 3.00 bits per heavy atom. The Morgan fingerprint density at radius 1 is 1.43 bits per heavy atom. The summed E-state index contributed by atoms with van der Waals surface area (Å²) in [5.41, 5.74) is 2.66. The maximum absolute atomic E-state index is 12.6. The third kappa shape index (κ3) is 3.27. The number of carbonyl (C=O) groups excluding carboxylic acids is 1. The van der Waals surface area contributed by atoms with Crippen molar-refractivity contribution in [1.29, 1.82) is 0 Å². The number of rotatable bonds is 5. The van der Waals surface area contributed by atoms with Gasteiger partial charge in [-0.2, -0.15) is 0 Å². The topological polar surface area (TPSA) is 51.0 Å². The van der Waals surface area contributed by atoms with Crippen molar-refractivity contribution in [3.63, 3.8) is 0 Å². The molecule has 5 nitrogen and oxygen atoms in total. The van der Waals surface area contributed by atoms with Crippen molar-refractivity contribution in [2.45, 2.75) is 43.9 Å². The summed E-state index contributed by atoms with van der Waals surface area (Å²) in [5, 5.41) is 8.85. The van der Waals surface area contributed by atoms with E-state index in [2.05, 4.69) is 48.3 Å². The molecular formula is C17H22N4OS. The van der Waals surface area contributed by atoms with Gasteiger partial charge in [-0.1, -0.05) is 36.0 Å². The van der Waals surface area contributed by atoms with Gasteiger partial charge in [0.25, 0.3) is 0 Å². The van der Waals surface area contributed by atoms with E-state index in [1.54, 1.807) is 6.33 Å². The van der Waals surface area contributed by atoms with Crippen molar-refractivity contribution in [2.24, 2.45) is 0 Å². The minimum atomic E-state index is 0.134. The van der Waals surface area contributed by atoms with E-state index >= 15 is 0 Å². The smallest absolute Gasteiger partial charge is 0.233 e. The first-order valence-electron chi connectivity index (χ1n) is 7.93. The number of hydrogen-bond acceptors (Lipinski definition) is 4. The molecule has 1 heterocycles. The van der Waals surface area contributed by atoms with E-state index in [1.165, 1.54) is 22.9 Å². The van der Waals surface area contributed by atoms with E-state index in [0.717, 1.165) is 18.0 Å². The zero-order valence-corrected chi connectivity index (χ0v) is 14.6. The van der Waals surface area contributed by atoms with Crippen molar-refractivity contribution in [3.8, 4) is 0 Å². The Hall–Kier alpha value is -1.82. The van der Waals surface area contributed by atoms with Crippen molar-refractivity contribution < 1.29 is 4.79 Å². The quantitative estimate of drug-likeness (QED) is 0.791. The summed E-state index contributed by atoms with van der Waals surface area (Å²) < 4.78 is 1.99. The summed E-state index contributed by atoms with van der Waals surface area (Å²) in [5.74, 6) is 0.524. The van der Waals surface area contributed by atoms with Gasteiger partial charge < -0.3 is 9.47 Å². The maximum atomic E-state index is 12.6. The molecule has 3 rings (SSSR count). The number of nitrogens with zero attached hydrogens (tertiary/aromatic N) is 4. The summed E-state index contributed by atoms with van der Waals surface area (Å²) in [4.78, 5) is 14.4. The van der Waals surface area contributed by atoms with Crippen molar-refractivity contribution in [3.05, 3.63) is 41.7 Å². The lowest BCUT2D eigenvalue weighted by atomic mass is 10.1. The van der Waals surface area contributed by atoms with Crippen LogP contribution in [0.1, 0.15) is 43.5 Å². The molecule has 0 saturated heterocycles. The fourth-order valence-corrected chi connectivity index (χ4v) is 4.00. The van der Waals surface area contributed by atoms with E-state index in [0.29, 0.717) is 11.8 Å². The molecule has 0 spiro atoms. The highest BCUT2D eigenvalue weighted by molar-refractivity contribution is 7.99. The van der Waals surface area contributed by atoms with Crippen LogP contribution in [-0.2, 0) is 11.2 Å². The SMILES string of the molecule is CC(C)n1cnnc1SCC(=O)N(C)C1CCc2ccccc21. The number of hydrogen-bond donors (Lipinski definition) is 0. The lowest BCUT2D eigenvalue weighted by molar-refractivity contribution is -0.129. The number of aryl methyl sites for hydroxylation is 1. The summed E-state index contributed by atoms with van der Waals surface area (Å²) in [6.07, 6.45) is 3.77. The molecule has 122 valence electrons. The molecule has 1 aromatic heterocycles. The Morgan fingerprint density at radius 2 is 2.22 bits per heavy atom. The van der Waals surface area contributed by atoms with E-state index < -0.39 is 0 Å². The van der Waals surface area contributed by atoms with Gasteiger partial charge in [0.1, 0.15) is 6.33 Å². The Bertz CT molecular complexity index is 697. The van der Waals surface area contributed by atoms with Crippen LogP contribution in [0.25, 0.3) is 0 Å². The first-order valence-corrected chi connectivity index (χ1v) is 8.92. The van der Waals surface area contributed by atoms with Crippen LogP contribution >= 0.6 is 11.8 Å². The van der Waals surface area contributed by atoms with E-state index in [1.807, 2.05) is 16.5 Å². The van der Waals surface area contributed by atoms with Crippen LogP contribution in [0.4, 0.5) is 0 Å². The third-order valence-corrected chi connectivity index (χ3v) is 5.33. The van der Waals surface area contributed by atoms with Gasteiger partial charge in [0.15, 0.2) is 5.16 Å². The minimum Gasteiger partial charge on any atom is -0.338 e. The van der Waals surface area contributed by atoms with Crippen LogP contribution in [0.5, 0.6) is 0 Å². The number of aromatic nitrogens is 3. The summed E-state index contributed by atoms with van der Waals surface area (Å²) >= 11 is 1.46. The molecule has 1 aliphatic rings. The molecule has 1 atom stereocenters. The van der Waals surface area contributed by atoms with Crippen LogP contribution in [-0.4, -0.2) is 38.4 Å². The third-order valence-electron chi connectivity index (χ3n) is 4.38. The zero-order valence-electron chi connectivity index (χ0n) is 13.8. The highest BCUT2D eigenvalue weighted by atomic mass is 32.2. The van der Waals surface area contributed by atoms with Gasteiger partial charge >= 0.3 is 0 Å². The number of amides is 1. The van der Waals surface area contributed by atoms with Crippen LogP contribution in [0, 0.1) is 0 Å². The first kappa shape index (κ1) is 16.1. The second-order valence-corrected chi connectivity index (χ2v) is 7.10. The van der Waals surface area contributed by atoms with Crippen molar-refractivity contribution >= 4 is 17.7 Å². The molecule has 0 radical (unpaired) electrons. The van der Waals surface area contributed by atoms with Gasteiger partial charge in [-0.05, 0) is 37.8 Å². The van der Waals surface area contributed by atoms with Gasteiger partial charge in [-0.15, -0.1) is 10.2 Å². The first-order chi connectivity index (χ1) is 11.1. The highest BCUT2D eigenvalue weighted by Gasteiger charge is 2.28. The van der Waals surface area contributed by atoms with Crippen LogP contribution in [0.15, 0.2) is 35.7 Å². The lowest BCUT2D eigenvalue weighted by Crippen LogP contribution is -2.31. The normalized spacial score (nSPS) is 16.6. The fourth-order valence-electron chi connectivity index (χ4n) is 3.03. The zero-order chi connectivity index (χ0) is 16.4. The van der Waals surface area contributed by atoms with Crippen molar-refractivity contribution in [2.75, 3.05) is 12.8 Å². The van der Waals surface area contributed by atoms with Gasteiger partial charge in [0, 0.05) is 13.1 Å². The molecule has 0 N–H and O–H groups in total. The number of fused-ring (bicyclic) bond motifs is 1. The van der Waals surface area contributed by atoms with Gasteiger partial charge in [-0.3, -0.25) is 4.79 Å². The van der Waals surface area contributed by atoms with Crippen LogP contribution in [0.2, 0.25) is 0 Å². The van der Waals surface area contributed by atoms with E-state index in [9.17, 15) is 4.79 Å². The molecular weight excluding hydrogens is 308 g/mol. The molecule has 2 aromatic rings.